The quantitative estimate of drug-likeness (QED) is 0.663. The second kappa shape index (κ2) is 3.87. The van der Waals surface area contributed by atoms with E-state index in [1.807, 2.05) is 30.4 Å². The third kappa shape index (κ3) is 1.71. The van der Waals surface area contributed by atoms with Gasteiger partial charge in [-0.05, 0) is 24.3 Å². The predicted molar refractivity (Wildman–Crippen MR) is 58.7 cm³/mol. The summed E-state index contributed by atoms with van der Waals surface area (Å²) >= 11 is 0. The Balaban J connectivity index is 2.49. The molecule has 1 aliphatic heterocycles. The fourth-order valence-corrected chi connectivity index (χ4v) is 1.24. The van der Waals surface area contributed by atoms with Crippen LogP contribution >= 0.6 is 0 Å². The maximum atomic E-state index is 5.13. The van der Waals surface area contributed by atoms with Gasteiger partial charge in [-0.1, -0.05) is 6.08 Å². The number of rotatable bonds is 1. The number of aliphatic imine (C=N–C) groups is 2. The normalized spacial score (nSPS) is 13.2. The summed E-state index contributed by atoms with van der Waals surface area (Å²) in [5, 5.41) is 0. The van der Waals surface area contributed by atoms with Gasteiger partial charge in [0.15, 0.2) is 0 Å². The van der Waals surface area contributed by atoms with Crippen molar-refractivity contribution >= 4 is 24.3 Å². The standard InChI is InChI=1S/C11H10N2O/c1-14-10-4-5-11-9(7-10)3-2-6-12-8-13-11/h2-8H,1H3. The first kappa shape index (κ1) is 8.69. The number of nitrogens with zero attached hydrogens (tertiary/aromatic N) is 2. The zero-order valence-electron chi connectivity index (χ0n) is 7.84. The van der Waals surface area contributed by atoms with Crippen molar-refractivity contribution in [3.63, 3.8) is 0 Å². The van der Waals surface area contributed by atoms with Crippen LogP contribution in [0.4, 0.5) is 5.69 Å². The first-order chi connectivity index (χ1) is 6.90. The fraction of sp³-hybridized carbons (Fsp3) is 0.0909. The lowest BCUT2D eigenvalue weighted by molar-refractivity contribution is 0.415. The summed E-state index contributed by atoms with van der Waals surface area (Å²) in [6, 6.07) is 5.74. The average Bonchev–Trinajstić information content (AvgIpc) is 2.18. The summed E-state index contributed by atoms with van der Waals surface area (Å²) in [5.74, 6) is 0.834. The number of ether oxygens (including phenoxy) is 1. The van der Waals surface area contributed by atoms with E-state index in [4.69, 9.17) is 4.74 Å². The summed E-state index contributed by atoms with van der Waals surface area (Å²) < 4.78 is 5.13. The van der Waals surface area contributed by atoms with Crippen LogP contribution in [0, 0.1) is 0 Å². The molecule has 2 rings (SSSR count). The van der Waals surface area contributed by atoms with E-state index in [1.54, 1.807) is 13.3 Å². The van der Waals surface area contributed by atoms with Gasteiger partial charge in [-0.3, -0.25) is 0 Å². The number of allylic oxidation sites excluding steroid dienone is 1. The summed E-state index contributed by atoms with van der Waals surface area (Å²) in [7, 11) is 1.65. The van der Waals surface area contributed by atoms with Crippen LogP contribution in [0.1, 0.15) is 5.56 Å². The maximum Gasteiger partial charge on any atom is 0.119 e. The lowest BCUT2D eigenvalue weighted by Gasteiger charge is -2.04. The Hall–Kier alpha value is -1.90. The zero-order valence-corrected chi connectivity index (χ0v) is 7.84. The molecule has 3 heteroatoms. The lowest BCUT2D eigenvalue weighted by atomic mass is 10.1. The maximum absolute atomic E-state index is 5.13. The second-order valence-corrected chi connectivity index (χ2v) is 2.83. The summed E-state index contributed by atoms with van der Waals surface area (Å²) in [4.78, 5) is 8.13. The molecule has 0 atom stereocenters. The Morgan fingerprint density at radius 3 is 3.07 bits per heavy atom. The van der Waals surface area contributed by atoms with E-state index in [1.165, 1.54) is 6.34 Å². The number of methoxy groups -OCH3 is 1. The molecule has 0 radical (unpaired) electrons. The third-order valence-electron chi connectivity index (χ3n) is 1.95. The molecule has 1 heterocycles. The van der Waals surface area contributed by atoms with Crippen molar-refractivity contribution in [3.8, 4) is 5.75 Å². The molecule has 0 saturated heterocycles. The molecule has 70 valence electrons. The molecular formula is C11H10N2O. The van der Waals surface area contributed by atoms with Crippen molar-refractivity contribution in [1.82, 2.24) is 0 Å². The highest BCUT2D eigenvalue weighted by Crippen LogP contribution is 2.25. The Morgan fingerprint density at radius 1 is 1.29 bits per heavy atom. The van der Waals surface area contributed by atoms with E-state index in [-0.39, 0.29) is 0 Å². The van der Waals surface area contributed by atoms with Gasteiger partial charge in [-0.2, -0.15) is 0 Å². The van der Waals surface area contributed by atoms with Crippen molar-refractivity contribution in [2.45, 2.75) is 0 Å². The van der Waals surface area contributed by atoms with Crippen LogP contribution in [-0.2, 0) is 0 Å². The van der Waals surface area contributed by atoms with Crippen molar-refractivity contribution in [1.29, 1.82) is 0 Å². The first-order valence-electron chi connectivity index (χ1n) is 4.30. The van der Waals surface area contributed by atoms with Crippen LogP contribution in [0.5, 0.6) is 5.75 Å². The molecule has 0 N–H and O–H groups in total. The average molecular weight is 186 g/mol. The van der Waals surface area contributed by atoms with Gasteiger partial charge < -0.3 is 4.74 Å². The molecular weight excluding hydrogens is 176 g/mol. The third-order valence-corrected chi connectivity index (χ3v) is 1.95. The van der Waals surface area contributed by atoms with Gasteiger partial charge in [-0.15, -0.1) is 0 Å². The van der Waals surface area contributed by atoms with Gasteiger partial charge in [0.2, 0.25) is 0 Å². The van der Waals surface area contributed by atoms with Crippen LogP contribution < -0.4 is 4.74 Å². The highest BCUT2D eigenvalue weighted by Gasteiger charge is 2.00. The van der Waals surface area contributed by atoms with Crippen LogP contribution in [0.15, 0.2) is 34.3 Å². The first-order valence-corrected chi connectivity index (χ1v) is 4.30. The molecule has 0 fully saturated rings. The van der Waals surface area contributed by atoms with Crippen molar-refractivity contribution in [2.75, 3.05) is 7.11 Å². The van der Waals surface area contributed by atoms with E-state index >= 15 is 0 Å². The molecule has 0 amide bonds. The lowest BCUT2D eigenvalue weighted by Crippen LogP contribution is -1.85. The molecule has 1 aliphatic rings. The molecule has 0 saturated carbocycles. The summed E-state index contributed by atoms with van der Waals surface area (Å²) in [5.41, 5.74) is 1.94. The number of fused-ring (bicyclic) bond motifs is 1. The minimum atomic E-state index is 0.834. The molecule has 1 aromatic carbocycles. The van der Waals surface area contributed by atoms with Gasteiger partial charge in [0.05, 0.1) is 12.8 Å². The molecule has 0 aromatic heterocycles. The van der Waals surface area contributed by atoms with E-state index in [2.05, 4.69) is 9.98 Å². The van der Waals surface area contributed by atoms with Gasteiger partial charge in [0, 0.05) is 11.8 Å². The van der Waals surface area contributed by atoms with E-state index < -0.39 is 0 Å². The van der Waals surface area contributed by atoms with Crippen LogP contribution in [0.25, 0.3) is 6.08 Å². The molecule has 3 nitrogen and oxygen atoms in total. The molecule has 14 heavy (non-hydrogen) atoms. The number of hydrogen-bond donors (Lipinski definition) is 0. The molecule has 0 aliphatic carbocycles. The Bertz CT molecular complexity index is 419. The zero-order chi connectivity index (χ0) is 9.80. The van der Waals surface area contributed by atoms with Crippen molar-refractivity contribution in [2.24, 2.45) is 9.98 Å². The topological polar surface area (TPSA) is 34.0 Å². The van der Waals surface area contributed by atoms with Gasteiger partial charge in [0.25, 0.3) is 0 Å². The largest absolute Gasteiger partial charge is 0.497 e. The van der Waals surface area contributed by atoms with Crippen molar-refractivity contribution in [3.05, 3.63) is 29.8 Å². The smallest absolute Gasteiger partial charge is 0.119 e. The molecule has 0 unspecified atom stereocenters. The van der Waals surface area contributed by atoms with Crippen LogP contribution in [0.3, 0.4) is 0 Å². The minimum absolute atomic E-state index is 0.834. The van der Waals surface area contributed by atoms with Crippen LogP contribution in [0.2, 0.25) is 0 Å². The second-order valence-electron chi connectivity index (χ2n) is 2.83. The Labute approximate surface area is 82.5 Å². The van der Waals surface area contributed by atoms with Gasteiger partial charge in [-0.25, -0.2) is 9.98 Å². The summed E-state index contributed by atoms with van der Waals surface area (Å²) in [6.07, 6.45) is 7.07. The minimum Gasteiger partial charge on any atom is -0.497 e. The molecule has 1 aromatic rings. The Morgan fingerprint density at radius 2 is 2.21 bits per heavy atom. The fourth-order valence-electron chi connectivity index (χ4n) is 1.24. The highest BCUT2D eigenvalue weighted by molar-refractivity contribution is 5.88. The van der Waals surface area contributed by atoms with Crippen LogP contribution in [-0.4, -0.2) is 19.7 Å². The number of benzene rings is 1. The monoisotopic (exact) mass is 186 g/mol. The van der Waals surface area contributed by atoms with Crippen molar-refractivity contribution < 1.29 is 4.74 Å². The SMILES string of the molecule is COc1ccc2c(c1)C=CC=NC=N2. The molecule has 0 spiro atoms. The van der Waals surface area contributed by atoms with E-state index in [9.17, 15) is 0 Å². The highest BCUT2D eigenvalue weighted by atomic mass is 16.5. The Kier molecular flexibility index (Phi) is 2.40. The molecule has 0 bridgehead atoms. The van der Waals surface area contributed by atoms with Gasteiger partial charge in [0.1, 0.15) is 12.1 Å². The predicted octanol–water partition coefficient (Wildman–Crippen LogP) is 2.45. The number of hydrogen-bond acceptors (Lipinski definition) is 3. The van der Waals surface area contributed by atoms with Gasteiger partial charge >= 0.3 is 0 Å². The summed E-state index contributed by atoms with van der Waals surface area (Å²) in [6.45, 7) is 0. The van der Waals surface area contributed by atoms with E-state index in [0.717, 1.165) is 17.0 Å². The van der Waals surface area contributed by atoms with E-state index in [0.29, 0.717) is 0 Å².